The monoisotopic (exact) mass is 334 g/mol. The molecule has 0 spiro atoms. The van der Waals surface area contributed by atoms with Crippen LogP contribution in [0.5, 0.6) is 0 Å². The van der Waals surface area contributed by atoms with Crippen molar-refractivity contribution in [2.45, 2.75) is 18.7 Å². The minimum atomic E-state index is -3.95. The summed E-state index contributed by atoms with van der Waals surface area (Å²) in [5.41, 5.74) is 1.10. The molecule has 0 radical (unpaired) electrons. The van der Waals surface area contributed by atoms with E-state index >= 15 is 0 Å². The van der Waals surface area contributed by atoms with Crippen LogP contribution in [0, 0.1) is 6.92 Å². The van der Waals surface area contributed by atoms with Crippen LogP contribution in [-0.4, -0.2) is 26.0 Å². The molecule has 8 heteroatoms. The molecule has 23 heavy (non-hydrogen) atoms. The van der Waals surface area contributed by atoms with Crippen molar-refractivity contribution in [2.24, 2.45) is 0 Å². The lowest BCUT2D eigenvalue weighted by Gasteiger charge is -2.12. The Hall–Kier alpha value is -2.61. The second-order valence-corrected chi connectivity index (χ2v) is 6.44. The van der Waals surface area contributed by atoms with E-state index in [-0.39, 0.29) is 4.90 Å². The smallest absolute Gasteiger partial charge is 0.328 e. The number of amides is 2. The van der Waals surface area contributed by atoms with E-state index in [1.165, 1.54) is 6.07 Å². The fourth-order valence-corrected chi connectivity index (χ4v) is 3.13. The standard InChI is InChI=1S/C15H18N4O3S/c1-3-16-15(20)19-23(21,22)13-10-12(8-7-11(13)2)18-14-6-4-5-9-17-14/h4-10H,3H2,1-2H3,(H,17,18)(H2,16,19,20). The molecule has 0 atom stereocenters. The van der Waals surface area contributed by atoms with Crippen molar-refractivity contribution in [3.63, 3.8) is 0 Å². The Bertz CT molecular complexity index is 792. The van der Waals surface area contributed by atoms with E-state index in [1.807, 2.05) is 10.8 Å². The van der Waals surface area contributed by atoms with Crippen molar-refractivity contribution in [3.8, 4) is 0 Å². The summed E-state index contributed by atoms with van der Waals surface area (Å²) in [5, 5.41) is 5.41. The first kappa shape index (κ1) is 16.8. The number of anilines is 2. The van der Waals surface area contributed by atoms with E-state index in [0.29, 0.717) is 23.6 Å². The van der Waals surface area contributed by atoms with Crippen molar-refractivity contribution >= 4 is 27.6 Å². The number of aromatic nitrogens is 1. The lowest BCUT2D eigenvalue weighted by Crippen LogP contribution is -2.39. The van der Waals surface area contributed by atoms with Gasteiger partial charge in [0, 0.05) is 18.4 Å². The van der Waals surface area contributed by atoms with Crippen molar-refractivity contribution < 1.29 is 13.2 Å². The third kappa shape index (κ3) is 4.43. The van der Waals surface area contributed by atoms with Gasteiger partial charge in [0.25, 0.3) is 10.0 Å². The number of carbonyl (C=O) groups excluding carboxylic acids is 1. The van der Waals surface area contributed by atoms with E-state index < -0.39 is 16.1 Å². The maximum absolute atomic E-state index is 12.3. The number of sulfonamides is 1. The van der Waals surface area contributed by atoms with E-state index in [1.54, 1.807) is 44.3 Å². The molecule has 0 aliphatic carbocycles. The second-order valence-electron chi connectivity index (χ2n) is 4.79. The van der Waals surface area contributed by atoms with Gasteiger partial charge in [-0.3, -0.25) is 0 Å². The molecule has 2 rings (SSSR count). The van der Waals surface area contributed by atoms with Gasteiger partial charge in [0.2, 0.25) is 0 Å². The molecule has 0 saturated carbocycles. The van der Waals surface area contributed by atoms with Gasteiger partial charge in [-0.2, -0.15) is 0 Å². The van der Waals surface area contributed by atoms with Gasteiger partial charge in [-0.25, -0.2) is 22.9 Å². The van der Waals surface area contributed by atoms with E-state index in [9.17, 15) is 13.2 Å². The summed E-state index contributed by atoms with van der Waals surface area (Å²) in [7, 11) is -3.95. The molecular weight excluding hydrogens is 316 g/mol. The summed E-state index contributed by atoms with van der Waals surface area (Å²) < 4.78 is 26.6. The van der Waals surface area contributed by atoms with Crippen molar-refractivity contribution in [2.75, 3.05) is 11.9 Å². The molecule has 7 nitrogen and oxygen atoms in total. The van der Waals surface area contributed by atoms with Gasteiger partial charge in [-0.05, 0) is 43.7 Å². The van der Waals surface area contributed by atoms with Crippen molar-refractivity contribution in [1.82, 2.24) is 15.0 Å². The molecule has 1 aromatic heterocycles. The average molecular weight is 334 g/mol. The average Bonchev–Trinajstić information content (AvgIpc) is 2.50. The number of nitrogens with one attached hydrogen (secondary N) is 3. The molecule has 2 aromatic rings. The Morgan fingerprint density at radius 1 is 1.22 bits per heavy atom. The van der Waals surface area contributed by atoms with Crippen LogP contribution >= 0.6 is 0 Å². The number of aryl methyl sites for hydroxylation is 1. The minimum Gasteiger partial charge on any atom is -0.340 e. The molecule has 0 fully saturated rings. The lowest BCUT2D eigenvalue weighted by molar-refractivity contribution is 0.246. The fourth-order valence-electron chi connectivity index (χ4n) is 1.93. The highest BCUT2D eigenvalue weighted by atomic mass is 32.2. The number of benzene rings is 1. The highest BCUT2D eigenvalue weighted by molar-refractivity contribution is 7.90. The van der Waals surface area contributed by atoms with Crippen molar-refractivity contribution in [3.05, 3.63) is 48.2 Å². The van der Waals surface area contributed by atoms with Gasteiger partial charge >= 0.3 is 6.03 Å². The number of urea groups is 1. The van der Waals surface area contributed by atoms with Gasteiger partial charge in [0.15, 0.2) is 0 Å². The molecular formula is C15H18N4O3S. The molecule has 0 aliphatic heterocycles. The topological polar surface area (TPSA) is 100 Å². The number of carbonyl (C=O) groups is 1. The van der Waals surface area contributed by atoms with Gasteiger partial charge in [0.1, 0.15) is 5.82 Å². The molecule has 0 unspecified atom stereocenters. The van der Waals surface area contributed by atoms with Gasteiger partial charge < -0.3 is 10.6 Å². The summed E-state index contributed by atoms with van der Waals surface area (Å²) >= 11 is 0. The summed E-state index contributed by atoms with van der Waals surface area (Å²) in [5.74, 6) is 0.594. The van der Waals surface area contributed by atoms with Crippen LogP contribution in [0.15, 0.2) is 47.5 Å². The SMILES string of the molecule is CCNC(=O)NS(=O)(=O)c1cc(Nc2ccccn2)ccc1C. The van der Waals surface area contributed by atoms with Crippen LogP contribution in [0.2, 0.25) is 0 Å². The van der Waals surface area contributed by atoms with Crippen LogP contribution in [0.1, 0.15) is 12.5 Å². The van der Waals surface area contributed by atoms with Crippen LogP contribution in [0.3, 0.4) is 0 Å². The third-order valence-electron chi connectivity index (χ3n) is 2.98. The Labute approximate surface area is 135 Å². The predicted molar refractivity (Wildman–Crippen MR) is 88.1 cm³/mol. The first-order valence-corrected chi connectivity index (χ1v) is 8.50. The van der Waals surface area contributed by atoms with E-state index in [0.717, 1.165) is 0 Å². The summed E-state index contributed by atoms with van der Waals surface area (Å²) in [6.07, 6.45) is 1.63. The number of hydrogen-bond acceptors (Lipinski definition) is 5. The highest BCUT2D eigenvalue weighted by Gasteiger charge is 2.20. The molecule has 1 aromatic carbocycles. The van der Waals surface area contributed by atoms with Crippen LogP contribution in [0.25, 0.3) is 0 Å². The first-order chi connectivity index (χ1) is 10.9. The lowest BCUT2D eigenvalue weighted by atomic mass is 10.2. The van der Waals surface area contributed by atoms with Gasteiger partial charge in [0.05, 0.1) is 4.90 Å². The zero-order valence-electron chi connectivity index (χ0n) is 12.8. The van der Waals surface area contributed by atoms with E-state index in [2.05, 4.69) is 15.6 Å². The zero-order chi connectivity index (χ0) is 16.9. The molecule has 2 amide bonds. The molecule has 0 bridgehead atoms. The predicted octanol–water partition coefficient (Wildman–Crippen LogP) is 2.14. The second kappa shape index (κ2) is 7.10. The summed E-state index contributed by atoms with van der Waals surface area (Å²) in [4.78, 5) is 15.6. The largest absolute Gasteiger partial charge is 0.340 e. The highest BCUT2D eigenvalue weighted by Crippen LogP contribution is 2.22. The number of nitrogens with zero attached hydrogens (tertiary/aromatic N) is 1. The first-order valence-electron chi connectivity index (χ1n) is 7.01. The maximum Gasteiger partial charge on any atom is 0.328 e. The van der Waals surface area contributed by atoms with Gasteiger partial charge in [-0.15, -0.1) is 0 Å². The summed E-state index contributed by atoms with van der Waals surface area (Å²) in [6.45, 7) is 3.70. The van der Waals surface area contributed by atoms with Crippen LogP contribution in [0.4, 0.5) is 16.3 Å². The summed E-state index contributed by atoms with van der Waals surface area (Å²) in [6, 6.07) is 9.48. The van der Waals surface area contributed by atoms with Crippen molar-refractivity contribution in [1.29, 1.82) is 0 Å². The molecule has 3 N–H and O–H groups in total. The molecule has 0 aliphatic rings. The fraction of sp³-hybridized carbons (Fsp3) is 0.200. The number of pyridine rings is 1. The zero-order valence-corrected chi connectivity index (χ0v) is 13.6. The Morgan fingerprint density at radius 2 is 2.00 bits per heavy atom. The Kier molecular flexibility index (Phi) is 5.17. The van der Waals surface area contributed by atoms with Gasteiger partial charge in [-0.1, -0.05) is 12.1 Å². The minimum absolute atomic E-state index is 0.0321. The van der Waals surface area contributed by atoms with Crippen LogP contribution < -0.4 is 15.4 Å². The van der Waals surface area contributed by atoms with Crippen LogP contribution in [-0.2, 0) is 10.0 Å². The number of rotatable bonds is 5. The third-order valence-corrected chi connectivity index (χ3v) is 4.45. The molecule has 0 saturated heterocycles. The quantitative estimate of drug-likeness (QED) is 0.778. The molecule has 122 valence electrons. The normalized spacial score (nSPS) is 10.9. The number of hydrogen-bond donors (Lipinski definition) is 3. The Balaban J connectivity index is 2.28. The molecule has 1 heterocycles. The maximum atomic E-state index is 12.3. The van der Waals surface area contributed by atoms with E-state index in [4.69, 9.17) is 0 Å². The Morgan fingerprint density at radius 3 is 2.65 bits per heavy atom.